The van der Waals surface area contributed by atoms with Gasteiger partial charge in [-0.1, -0.05) is 83.6 Å². The Morgan fingerprint density at radius 1 is 1.00 bits per heavy atom. The molecule has 1 aliphatic rings. The van der Waals surface area contributed by atoms with Crippen LogP contribution in [0.5, 0.6) is 0 Å². The maximum Gasteiger partial charge on any atom is 0.271 e. The van der Waals surface area contributed by atoms with Crippen LogP contribution in [0.3, 0.4) is 0 Å². The van der Waals surface area contributed by atoms with Gasteiger partial charge in [0.25, 0.3) is 11.5 Å². The second-order valence-electron chi connectivity index (χ2n) is 9.03. The number of furan rings is 1. The van der Waals surface area contributed by atoms with Crippen LogP contribution in [-0.4, -0.2) is 10.5 Å². The topological polar surface area (TPSA) is 76.6 Å². The summed E-state index contributed by atoms with van der Waals surface area (Å²) in [6.45, 7) is 1.80. The lowest BCUT2D eigenvalue weighted by atomic mass is 9.95. The van der Waals surface area contributed by atoms with E-state index in [1.54, 1.807) is 23.6 Å². The number of nitrogens with one attached hydrogen (secondary N) is 1. The molecular weight excluding hydrogens is 530 g/mol. The predicted octanol–water partition coefficient (Wildman–Crippen LogP) is 5.79. The van der Waals surface area contributed by atoms with Crippen LogP contribution in [0.1, 0.15) is 24.3 Å². The van der Waals surface area contributed by atoms with Gasteiger partial charge in [0.1, 0.15) is 11.5 Å². The third kappa shape index (κ3) is 4.90. The van der Waals surface area contributed by atoms with Crippen LogP contribution in [0.25, 0.3) is 17.4 Å². The molecular formula is C31H22ClN3O3S. The van der Waals surface area contributed by atoms with Crippen molar-refractivity contribution in [3.63, 3.8) is 0 Å². The van der Waals surface area contributed by atoms with Gasteiger partial charge in [0.05, 0.1) is 21.8 Å². The Kier molecular flexibility index (Phi) is 6.60. The van der Waals surface area contributed by atoms with E-state index >= 15 is 0 Å². The first-order valence-electron chi connectivity index (χ1n) is 12.3. The summed E-state index contributed by atoms with van der Waals surface area (Å²) in [5, 5.41) is 3.57. The van der Waals surface area contributed by atoms with E-state index in [0.717, 1.165) is 11.1 Å². The van der Waals surface area contributed by atoms with E-state index in [9.17, 15) is 9.59 Å². The Morgan fingerprint density at radius 3 is 2.49 bits per heavy atom. The lowest BCUT2D eigenvalue weighted by molar-refractivity contribution is -0.113. The third-order valence-electron chi connectivity index (χ3n) is 6.42. The monoisotopic (exact) mass is 551 g/mol. The van der Waals surface area contributed by atoms with E-state index in [1.807, 2.05) is 91.0 Å². The normalized spacial score (nSPS) is 15.1. The first kappa shape index (κ1) is 24.9. The molecule has 0 spiro atoms. The number of carbonyl (C=O) groups is 1. The zero-order valence-corrected chi connectivity index (χ0v) is 22.4. The Balaban J connectivity index is 1.44. The van der Waals surface area contributed by atoms with Crippen molar-refractivity contribution in [2.75, 3.05) is 5.32 Å². The zero-order chi connectivity index (χ0) is 26.9. The number of halogens is 1. The Morgan fingerprint density at radius 2 is 1.74 bits per heavy atom. The molecule has 39 heavy (non-hydrogen) atoms. The number of fused-ring (bicyclic) bond motifs is 1. The fourth-order valence-electron chi connectivity index (χ4n) is 4.64. The summed E-state index contributed by atoms with van der Waals surface area (Å²) in [5.74, 6) is 0.876. The fraction of sp³-hybridized carbons (Fsp3) is 0.0645. The Bertz CT molecular complexity index is 1900. The van der Waals surface area contributed by atoms with Crippen molar-refractivity contribution in [3.05, 3.63) is 144 Å². The molecule has 2 aromatic heterocycles. The van der Waals surface area contributed by atoms with E-state index in [-0.39, 0.29) is 11.5 Å². The minimum atomic E-state index is -0.632. The van der Waals surface area contributed by atoms with Crippen molar-refractivity contribution in [1.29, 1.82) is 0 Å². The molecule has 1 amide bonds. The van der Waals surface area contributed by atoms with Gasteiger partial charge in [-0.25, -0.2) is 4.99 Å². The number of allylic oxidation sites excluding steroid dienone is 1. The molecule has 0 bridgehead atoms. The molecule has 1 aliphatic heterocycles. The van der Waals surface area contributed by atoms with E-state index in [0.29, 0.717) is 42.8 Å². The number of carbonyl (C=O) groups excluding carboxylic acids is 1. The predicted molar refractivity (Wildman–Crippen MR) is 154 cm³/mol. The molecule has 0 radical (unpaired) electrons. The minimum absolute atomic E-state index is 0.245. The molecule has 5 aromatic rings. The van der Waals surface area contributed by atoms with E-state index < -0.39 is 6.04 Å². The van der Waals surface area contributed by atoms with Crippen molar-refractivity contribution in [2.24, 2.45) is 4.99 Å². The molecule has 1 atom stereocenters. The van der Waals surface area contributed by atoms with Crippen molar-refractivity contribution in [2.45, 2.75) is 13.0 Å². The molecule has 0 fully saturated rings. The maximum absolute atomic E-state index is 13.8. The summed E-state index contributed by atoms with van der Waals surface area (Å²) in [6, 6.07) is 29.2. The maximum atomic E-state index is 13.8. The lowest BCUT2D eigenvalue weighted by Gasteiger charge is -2.25. The quantitative estimate of drug-likeness (QED) is 0.300. The van der Waals surface area contributed by atoms with Crippen molar-refractivity contribution in [3.8, 4) is 11.3 Å². The van der Waals surface area contributed by atoms with Crippen LogP contribution >= 0.6 is 22.9 Å². The first-order valence-corrected chi connectivity index (χ1v) is 13.5. The van der Waals surface area contributed by atoms with Crippen LogP contribution in [-0.2, 0) is 4.79 Å². The largest absolute Gasteiger partial charge is 0.457 e. The number of para-hydroxylation sites is 1. The number of nitrogens with zero attached hydrogens (tertiary/aromatic N) is 2. The van der Waals surface area contributed by atoms with Gasteiger partial charge in [0, 0.05) is 22.3 Å². The number of hydrogen-bond donors (Lipinski definition) is 1. The summed E-state index contributed by atoms with van der Waals surface area (Å²) in [7, 11) is 0. The van der Waals surface area contributed by atoms with Crippen molar-refractivity contribution < 1.29 is 9.21 Å². The number of aromatic nitrogens is 1. The summed E-state index contributed by atoms with van der Waals surface area (Å²) in [5.41, 5.74) is 3.07. The number of amides is 1. The van der Waals surface area contributed by atoms with Crippen LogP contribution in [0.2, 0.25) is 5.02 Å². The van der Waals surface area contributed by atoms with Gasteiger partial charge >= 0.3 is 0 Å². The number of thiazole rings is 1. The highest BCUT2D eigenvalue weighted by atomic mass is 35.5. The van der Waals surface area contributed by atoms with Crippen LogP contribution < -0.4 is 20.2 Å². The summed E-state index contributed by atoms with van der Waals surface area (Å²) < 4.78 is 8.07. The van der Waals surface area contributed by atoms with Gasteiger partial charge in [-0.2, -0.15) is 0 Å². The van der Waals surface area contributed by atoms with Crippen LogP contribution in [0, 0.1) is 0 Å². The third-order valence-corrected chi connectivity index (χ3v) is 7.64. The lowest BCUT2D eigenvalue weighted by Crippen LogP contribution is -2.40. The molecule has 3 heterocycles. The van der Waals surface area contributed by atoms with Crippen LogP contribution in [0.4, 0.5) is 5.69 Å². The van der Waals surface area contributed by atoms with E-state index in [2.05, 4.69) is 10.3 Å². The Labute approximate surface area is 232 Å². The summed E-state index contributed by atoms with van der Waals surface area (Å²) in [4.78, 5) is 32.6. The molecule has 192 valence electrons. The summed E-state index contributed by atoms with van der Waals surface area (Å²) >= 11 is 7.40. The minimum Gasteiger partial charge on any atom is -0.457 e. The van der Waals surface area contributed by atoms with E-state index in [1.165, 1.54) is 11.3 Å². The Hall–Kier alpha value is -4.46. The average molecular weight is 552 g/mol. The smallest absolute Gasteiger partial charge is 0.271 e. The van der Waals surface area contributed by atoms with Crippen molar-refractivity contribution in [1.82, 2.24) is 4.57 Å². The molecule has 8 heteroatoms. The van der Waals surface area contributed by atoms with Gasteiger partial charge in [-0.05, 0) is 48.9 Å². The van der Waals surface area contributed by atoms with Gasteiger partial charge in [-0.3, -0.25) is 14.2 Å². The van der Waals surface area contributed by atoms with Gasteiger partial charge in [-0.15, -0.1) is 0 Å². The number of hydrogen-bond acceptors (Lipinski definition) is 5. The second kappa shape index (κ2) is 10.4. The first-order chi connectivity index (χ1) is 19.0. The van der Waals surface area contributed by atoms with Gasteiger partial charge < -0.3 is 9.73 Å². The standard InChI is InChI=1S/C31H22ClN3O3S/c1-19-27(29(36)34-23-13-6-3-7-14-23)28(20-9-4-2-5-10-20)35-30(37)26(39-31(35)33-19)18-24-15-16-25(38-24)21-11-8-12-22(32)17-21/h2-18,28H,1H3,(H,34,36)/t28-/m0/s1. The van der Waals surface area contributed by atoms with Crippen LogP contribution in [0.15, 0.2) is 123 Å². The van der Waals surface area contributed by atoms with Gasteiger partial charge in [0.2, 0.25) is 0 Å². The second-order valence-corrected chi connectivity index (χ2v) is 10.5. The molecule has 1 N–H and O–H groups in total. The molecule has 6 rings (SSSR count). The van der Waals surface area contributed by atoms with E-state index in [4.69, 9.17) is 16.0 Å². The molecule has 3 aromatic carbocycles. The number of rotatable bonds is 5. The number of anilines is 1. The molecule has 0 unspecified atom stereocenters. The number of benzene rings is 3. The van der Waals surface area contributed by atoms with Crippen molar-refractivity contribution >= 4 is 40.6 Å². The molecule has 0 aliphatic carbocycles. The molecule has 0 saturated heterocycles. The summed E-state index contributed by atoms with van der Waals surface area (Å²) in [6.07, 6.45) is 1.71. The molecule has 0 saturated carbocycles. The highest BCUT2D eigenvalue weighted by Crippen LogP contribution is 2.31. The molecule has 6 nitrogen and oxygen atoms in total. The SMILES string of the molecule is CC1=C(C(=O)Nc2ccccc2)[C@H](c2ccccc2)n2c(sc(=Cc3ccc(-c4cccc(Cl)c4)o3)c2=O)=N1. The fourth-order valence-corrected chi connectivity index (χ4v) is 5.86. The highest BCUT2D eigenvalue weighted by Gasteiger charge is 2.32. The highest BCUT2D eigenvalue weighted by molar-refractivity contribution is 7.07. The zero-order valence-electron chi connectivity index (χ0n) is 20.8. The van der Waals surface area contributed by atoms with Gasteiger partial charge in [0.15, 0.2) is 4.80 Å². The average Bonchev–Trinajstić information content (AvgIpc) is 3.53.